The van der Waals surface area contributed by atoms with Crippen molar-refractivity contribution in [2.75, 3.05) is 13.2 Å². The monoisotopic (exact) mass is 311 g/mol. The lowest BCUT2D eigenvalue weighted by molar-refractivity contribution is -0.153. The summed E-state index contributed by atoms with van der Waals surface area (Å²) in [7, 11) is 0. The maximum Gasteiger partial charge on any atom is 0.328 e. The number of hydrogen-bond donors (Lipinski definition) is 0. The first-order valence-electron chi connectivity index (χ1n) is 9.10. The molecule has 0 saturated carbocycles. The summed E-state index contributed by atoms with van der Waals surface area (Å²) in [6, 6.07) is -0.337. The Morgan fingerprint density at radius 1 is 1.00 bits per heavy atom. The van der Waals surface area contributed by atoms with Crippen LogP contribution in [0.5, 0.6) is 0 Å². The highest BCUT2D eigenvalue weighted by molar-refractivity contribution is 5.83. The number of nitrogens with zero attached hydrogens (tertiary/aromatic N) is 1. The standard InChI is InChI=1S/C18H33NO3/c1-3-4-5-6-7-8-9-10-11-15-22-18(21)17-13-12-14-19(17)16(2)20/h17H,3-15H2,1-2H3. The zero-order chi connectivity index (χ0) is 16.2. The van der Waals surface area contributed by atoms with Gasteiger partial charge in [0.05, 0.1) is 6.61 Å². The lowest BCUT2D eigenvalue weighted by atomic mass is 10.1. The molecule has 4 nitrogen and oxygen atoms in total. The summed E-state index contributed by atoms with van der Waals surface area (Å²) < 4.78 is 5.33. The largest absolute Gasteiger partial charge is 0.464 e. The van der Waals surface area contributed by atoms with Gasteiger partial charge in [-0.05, 0) is 19.3 Å². The van der Waals surface area contributed by atoms with Crippen molar-refractivity contribution < 1.29 is 14.3 Å². The van der Waals surface area contributed by atoms with E-state index < -0.39 is 0 Å². The van der Waals surface area contributed by atoms with E-state index in [2.05, 4.69) is 6.92 Å². The summed E-state index contributed by atoms with van der Waals surface area (Å²) in [5, 5.41) is 0. The van der Waals surface area contributed by atoms with Crippen molar-refractivity contribution in [1.29, 1.82) is 0 Å². The van der Waals surface area contributed by atoms with Gasteiger partial charge in [-0.2, -0.15) is 0 Å². The summed E-state index contributed by atoms with van der Waals surface area (Å²) in [5.41, 5.74) is 0. The maximum atomic E-state index is 12.0. The minimum Gasteiger partial charge on any atom is -0.464 e. The number of hydrogen-bond acceptors (Lipinski definition) is 3. The summed E-state index contributed by atoms with van der Waals surface area (Å²) in [6.07, 6.45) is 12.9. The Bertz CT molecular complexity index is 330. The van der Waals surface area contributed by atoms with E-state index in [-0.39, 0.29) is 17.9 Å². The lowest BCUT2D eigenvalue weighted by Crippen LogP contribution is -2.40. The van der Waals surface area contributed by atoms with Crippen molar-refractivity contribution in [2.24, 2.45) is 0 Å². The van der Waals surface area contributed by atoms with E-state index in [4.69, 9.17) is 4.74 Å². The maximum absolute atomic E-state index is 12.0. The molecule has 4 heteroatoms. The average Bonchev–Trinajstić information content (AvgIpc) is 2.99. The number of carbonyl (C=O) groups is 2. The molecule has 1 amide bonds. The van der Waals surface area contributed by atoms with E-state index in [9.17, 15) is 9.59 Å². The molecule has 22 heavy (non-hydrogen) atoms. The summed E-state index contributed by atoms with van der Waals surface area (Å²) >= 11 is 0. The molecule has 1 aliphatic rings. The Labute approximate surface area is 135 Å². The van der Waals surface area contributed by atoms with E-state index in [1.165, 1.54) is 51.9 Å². The number of rotatable bonds is 11. The molecule has 0 aliphatic carbocycles. The molecule has 0 N–H and O–H groups in total. The van der Waals surface area contributed by atoms with Gasteiger partial charge in [0.1, 0.15) is 6.04 Å². The number of ether oxygens (including phenoxy) is 1. The molecule has 1 aliphatic heterocycles. The van der Waals surface area contributed by atoms with Crippen LogP contribution >= 0.6 is 0 Å². The van der Waals surface area contributed by atoms with Crippen LogP contribution in [-0.4, -0.2) is 36.0 Å². The smallest absolute Gasteiger partial charge is 0.328 e. The second kappa shape index (κ2) is 11.5. The zero-order valence-corrected chi connectivity index (χ0v) is 14.4. The Morgan fingerprint density at radius 2 is 1.59 bits per heavy atom. The number of esters is 1. The fourth-order valence-corrected chi connectivity index (χ4v) is 3.07. The predicted octanol–water partition coefficient (Wildman–Crippen LogP) is 4.07. The van der Waals surface area contributed by atoms with E-state index in [0.29, 0.717) is 13.2 Å². The molecular weight excluding hydrogens is 278 g/mol. The third kappa shape index (κ3) is 7.28. The summed E-state index contributed by atoms with van der Waals surface area (Å²) in [5.74, 6) is -0.241. The number of carbonyl (C=O) groups excluding carboxylic acids is 2. The van der Waals surface area contributed by atoms with Crippen LogP contribution < -0.4 is 0 Å². The van der Waals surface area contributed by atoms with Crippen LogP contribution in [0, 0.1) is 0 Å². The molecule has 1 rings (SSSR count). The van der Waals surface area contributed by atoms with Crippen LogP contribution in [0.2, 0.25) is 0 Å². The first-order chi connectivity index (χ1) is 10.7. The second-order valence-corrected chi connectivity index (χ2v) is 6.37. The third-order valence-electron chi connectivity index (χ3n) is 4.42. The van der Waals surface area contributed by atoms with Crippen LogP contribution in [0.1, 0.15) is 84.5 Å². The molecule has 0 bridgehead atoms. The van der Waals surface area contributed by atoms with Gasteiger partial charge in [0.2, 0.25) is 5.91 Å². The molecule has 128 valence electrons. The van der Waals surface area contributed by atoms with Crippen LogP contribution in [-0.2, 0) is 14.3 Å². The van der Waals surface area contributed by atoms with Gasteiger partial charge in [0, 0.05) is 13.5 Å². The van der Waals surface area contributed by atoms with E-state index in [0.717, 1.165) is 25.7 Å². The summed E-state index contributed by atoms with van der Waals surface area (Å²) in [4.78, 5) is 25.0. The predicted molar refractivity (Wildman–Crippen MR) is 88.6 cm³/mol. The van der Waals surface area contributed by atoms with Gasteiger partial charge >= 0.3 is 5.97 Å². The Kier molecular flexibility index (Phi) is 9.93. The highest BCUT2D eigenvalue weighted by Crippen LogP contribution is 2.18. The molecule has 0 aromatic heterocycles. The minimum atomic E-state index is -0.337. The lowest BCUT2D eigenvalue weighted by Gasteiger charge is -2.21. The number of amides is 1. The topological polar surface area (TPSA) is 46.6 Å². The molecular formula is C18H33NO3. The molecule has 0 aromatic carbocycles. The quantitative estimate of drug-likeness (QED) is 0.427. The zero-order valence-electron chi connectivity index (χ0n) is 14.4. The first-order valence-corrected chi connectivity index (χ1v) is 9.10. The van der Waals surface area contributed by atoms with E-state index in [1.807, 2.05) is 0 Å². The molecule has 1 unspecified atom stereocenters. The minimum absolute atomic E-state index is 0.0254. The Hall–Kier alpha value is -1.06. The molecule has 0 aromatic rings. The SMILES string of the molecule is CCCCCCCCCCCOC(=O)C1CCCN1C(C)=O. The molecule has 0 radical (unpaired) electrons. The normalized spacial score (nSPS) is 17.7. The molecule has 1 atom stereocenters. The third-order valence-corrected chi connectivity index (χ3v) is 4.42. The number of unbranched alkanes of at least 4 members (excludes halogenated alkanes) is 8. The molecule has 1 fully saturated rings. The van der Waals surface area contributed by atoms with Crippen molar-refractivity contribution in [2.45, 2.75) is 90.5 Å². The van der Waals surface area contributed by atoms with E-state index in [1.54, 1.807) is 4.90 Å². The van der Waals surface area contributed by atoms with Crippen LogP contribution in [0.3, 0.4) is 0 Å². The average molecular weight is 311 g/mol. The van der Waals surface area contributed by atoms with Gasteiger partial charge in [-0.15, -0.1) is 0 Å². The highest BCUT2D eigenvalue weighted by atomic mass is 16.5. The van der Waals surface area contributed by atoms with Gasteiger partial charge in [-0.1, -0.05) is 58.3 Å². The Balaban J connectivity index is 1.98. The van der Waals surface area contributed by atoms with Crippen molar-refractivity contribution >= 4 is 11.9 Å². The van der Waals surface area contributed by atoms with Gasteiger partial charge < -0.3 is 9.64 Å². The summed E-state index contributed by atoms with van der Waals surface area (Å²) in [6.45, 7) is 4.94. The van der Waals surface area contributed by atoms with Gasteiger partial charge in [-0.3, -0.25) is 4.79 Å². The van der Waals surface area contributed by atoms with E-state index >= 15 is 0 Å². The molecule has 1 heterocycles. The number of likely N-dealkylation sites (tertiary alicyclic amines) is 1. The van der Waals surface area contributed by atoms with Gasteiger partial charge in [0.25, 0.3) is 0 Å². The molecule has 1 saturated heterocycles. The molecule has 0 spiro atoms. The van der Waals surface area contributed by atoms with Crippen LogP contribution in [0.4, 0.5) is 0 Å². The van der Waals surface area contributed by atoms with Crippen molar-refractivity contribution in [3.8, 4) is 0 Å². The van der Waals surface area contributed by atoms with Crippen LogP contribution in [0.25, 0.3) is 0 Å². The van der Waals surface area contributed by atoms with Crippen molar-refractivity contribution in [3.63, 3.8) is 0 Å². The van der Waals surface area contributed by atoms with Gasteiger partial charge in [-0.25, -0.2) is 4.79 Å². The highest BCUT2D eigenvalue weighted by Gasteiger charge is 2.33. The van der Waals surface area contributed by atoms with Crippen molar-refractivity contribution in [1.82, 2.24) is 4.90 Å². The Morgan fingerprint density at radius 3 is 2.18 bits per heavy atom. The second-order valence-electron chi connectivity index (χ2n) is 6.37. The fourth-order valence-electron chi connectivity index (χ4n) is 3.07. The first kappa shape index (κ1) is 19.0. The van der Waals surface area contributed by atoms with Crippen molar-refractivity contribution in [3.05, 3.63) is 0 Å². The fraction of sp³-hybridized carbons (Fsp3) is 0.889. The van der Waals surface area contributed by atoms with Crippen LogP contribution in [0.15, 0.2) is 0 Å². The van der Waals surface area contributed by atoms with Gasteiger partial charge in [0.15, 0.2) is 0 Å².